The number of carbonyl (C=O) groups is 1. The molecule has 1 heterocycles. The Morgan fingerprint density at radius 1 is 1.04 bits per heavy atom. The molecule has 2 aromatic carbocycles. The molecular weight excluding hydrogens is 300 g/mol. The lowest BCUT2D eigenvalue weighted by Crippen LogP contribution is -2.26. The average Bonchev–Trinajstić information content (AvgIpc) is 3.01. The van der Waals surface area contributed by atoms with Crippen LogP contribution in [0.15, 0.2) is 66.9 Å². The van der Waals surface area contributed by atoms with E-state index in [1.165, 1.54) is 5.69 Å². The van der Waals surface area contributed by atoms with Gasteiger partial charge in [-0.05, 0) is 47.5 Å². The predicted octanol–water partition coefficient (Wildman–Crippen LogP) is 3.37. The van der Waals surface area contributed by atoms with E-state index >= 15 is 0 Å². The molecule has 4 nitrogen and oxygen atoms in total. The van der Waals surface area contributed by atoms with Gasteiger partial charge in [0, 0.05) is 37.5 Å². The number of phenolic OH excluding ortho intramolecular Hbond substituents is 1. The molecule has 0 unspecified atom stereocenters. The van der Waals surface area contributed by atoms with Gasteiger partial charge in [0.25, 0.3) is 5.91 Å². The van der Waals surface area contributed by atoms with Crippen LogP contribution in [0.3, 0.4) is 0 Å². The van der Waals surface area contributed by atoms with Crippen LogP contribution in [0.25, 0.3) is 11.1 Å². The minimum Gasteiger partial charge on any atom is -0.508 e. The number of hydrogen-bond donors (Lipinski definition) is 2. The maximum atomic E-state index is 12.3. The smallest absolute Gasteiger partial charge is 0.251 e. The standard InChI is InChI=1S/C20H20N2O2/c1-22-13-3-6-18(22)11-12-21-20(24)17-5-2-4-16(14-17)15-7-9-19(23)10-8-15/h2-10,13-14,23H,11-12H2,1H3,(H,21,24). The van der Waals surface area contributed by atoms with Gasteiger partial charge in [-0.1, -0.05) is 24.3 Å². The van der Waals surface area contributed by atoms with Gasteiger partial charge in [-0.25, -0.2) is 0 Å². The Morgan fingerprint density at radius 3 is 2.54 bits per heavy atom. The Balaban J connectivity index is 1.66. The number of rotatable bonds is 5. The monoisotopic (exact) mass is 320 g/mol. The van der Waals surface area contributed by atoms with Crippen molar-refractivity contribution in [2.75, 3.05) is 6.54 Å². The van der Waals surface area contributed by atoms with Crippen molar-refractivity contribution in [3.63, 3.8) is 0 Å². The molecule has 0 aliphatic heterocycles. The number of benzene rings is 2. The van der Waals surface area contributed by atoms with Gasteiger partial charge in [-0.2, -0.15) is 0 Å². The summed E-state index contributed by atoms with van der Waals surface area (Å²) in [4.78, 5) is 12.3. The highest BCUT2D eigenvalue weighted by molar-refractivity contribution is 5.95. The Bertz CT molecular complexity index is 835. The van der Waals surface area contributed by atoms with Gasteiger partial charge in [0.15, 0.2) is 0 Å². The molecule has 0 spiro atoms. The SMILES string of the molecule is Cn1cccc1CCNC(=O)c1cccc(-c2ccc(O)cc2)c1. The van der Waals surface area contributed by atoms with Gasteiger partial charge in [-0.3, -0.25) is 4.79 Å². The van der Waals surface area contributed by atoms with Crippen LogP contribution in [-0.4, -0.2) is 22.1 Å². The third-order valence-electron chi connectivity index (χ3n) is 4.04. The lowest BCUT2D eigenvalue weighted by atomic mass is 10.0. The molecule has 0 radical (unpaired) electrons. The summed E-state index contributed by atoms with van der Waals surface area (Å²) < 4.78 is 2.05. The first kappa shape index (κ1) is 15.9. The van der Waals surface area contributed by atoms with Crippen molar-refractivity contribution in [3.8, 4) is 16.9 Å². The largest absolute Gasteiger partial charge is 0.508 e. The third-order valence-corrected chi connectivity index (χ3v) is 4.04. The first-order chi connectivity index (χ1) is 11.6. The fourth-order valence-corrected chi connectivity index (χ4v) is 2.66. The number of carbonyl (C=O) groups excluding carboxylic acids is 1. The van der Waals surface area contributed by atoms with Crippen LogP contribution in [0.2, 0.25) is 0 Å². The highest BCUT2D eigenvalue weighted by Gasteiger charge is 2.07. The molecule has 0 saturated heterocycles. The summed E-state index contributed by atoms with van der Waals surface area (Å²) in [6, 6.07) is 18.5. The number of aromatic nitrogens is 1. The number of phenols is 1. The van der Waals surface area contributed by atoms with E-state index in [-0.39, 0.29) is 11.7 Å². The van der Waals surface area contributed by atoms with E-state index in [9.17, 15) is 9.90 Å². The number of aromatic hydroxyl groups is 1. The molecule has 4 heteroatoms. The summed E-state index contributed by atoms with van der Waals surface area (Å²) in [5.74, 6) is 0.151. The second-order valence-electron chi connectivity index (χ2n) is 5.74. The second kappa shape index (κ2) is 7.04. The molecule has 0 fully saturated rings. The normalized spacial score (nSPS) is 10.5. The number of nitrogens with one attached hydrogen (secondary N) is 1. The highest BCUT2D eigenvalue weighted by atomic mass is 16.3. The molecule has 3 aromatic rings. The van der Waals surface area contributed by atoms with Crippen LogP contribution in [-0.2, 0) is 13.5 Å². The zero-order valence-corrected chi connectivity index (χ0v) is 13.6. The van der Waals surface area contributed by atoms with Crippen LogP contribution in [0.1, 0.15) is 16.1 Å². The van der Waals surface area contributed by atoms with E-state index in [0.717, 1.165) is 17.5 Å². The van der Waals surface area contributed by atoms with Gasteiger partial charge in [0.2, 0.25) is 0 Å². The summed E-state index contributed by atoms with van der Waals surface area (Å²) in [6.45, 7) is 0.597. The van der Waals surface area contributed by atoms with Gasteiger partial charge in [0.1, 0.15) is 5.75 Å². The zero-order valence-electron chi connectivity index (χ0n) is 13.6. The molecule has 1 amide bonds. The third kappa shape index (κ3) is 3.66. The van der Waals surface area contributed by atoms with E-state index in [0.29, 0.717) is 12.1 Å². The van der Waals surface area contributed by atoms with Gasteiger partial charge < -0.3 is 15.0 Å². The average molecular weight is 320 g/mol. The molecule has 1 aromatic heterocycles. The van der Waals surface area contributed by atoms with E-state index in [1.54, 1.807) is 12.1 Å². The summed E-state index contributed by atoms with van der Waals surface area (Å²) in [5.41, 5.74) is 3.73. The van der Waals surface area contributed by atoms with Crippen molar-refractivity contribution in [2.24, 2.45) is 7.05 Å². The zero-order chi connectivity index (χ0) is 16.9. The minimum atomic E-state index is -0.0789. The minimum absolute atomic E-state index is 0.0789. The van der Waals surface area contributed by atoms with Crippen LogP contribution in [0.4, 0.5) is 0 Å². The van der Waals surface area contributed by atoms with E-state index in [1.807, 2.05) is 55.7 Å². The van der Waals surface area contributed by atoms with Crippen molar-refractivity contribution in [3.05, 3.63) is 78.1 Å². The van der Waals surface area contributed by atoms with Crippen molar-refractivity contribution in [1.29, 1.82) is 0 Å². The Kier molecular flexibility index (Phi) is 4.66. The maximum absolute atomic E-state index is 12.3. The van der Waals surface area contributed by atoms with Crippen molar-refractivity contribution < 1.29 is 9.90 Å². The van der Waals surface area contributed by atoms with E-state index < -0.39 is 0 Å². The molecule has 0 aliphatic rings. The van der Waals surface area contributed by atoms with Crippen LogP contribution in [0, 0.1) is 0 Å². The summed E-state index contributed by atoms with van der Waals surface area (Å²) in [5, 5.41) is 12.3. The van der Waals surface area contributed by atoms with Crippen LogP contribution >= 0.6 is 0 Å². The molecule has 0 saturated carbocycles. The van der Waals surface area contributed by atoms with Crippen LogP contribution < -0.4 is 5.32 Å². The molecule has 0 aliphatic carbocycles. The first-order valence-electron chi connectivity index (χ1n) is 7.91. The summed E-state index contributed by atoms with van der Waals surface area (Å²) in [7, 11) is 2.00. The number of amides is 1. The van der Waals surface area contributed by atoms with Crippen molar-refractivity contribution >= 4 is 5.91 Å². The van der Waals surface area contributed by atoms with Gasteiger partial charge in [0.05, 0.1) is 0 Å². The predicted molar refractivity (Wildman–Crippen MR) is 95.0 cm³/mol. The number of aryl methyl sites for hydroxylation is 1. The molecule has 0 bridgehead atoms. The fraction of sp³-hybridized carbons (Fsp3) is 0.150. The second-order valence-corrected chi connectivity index (χ2v) is 5.74. The van der Waals surface area contributed by atoms with E-state index in [2.05, 4.69) is 16.0 Å². The molecular formula is C20H20N2O2. The van der Waals surface area contributed by atoms with Crippen LogP contribution in [0.5, 0.6) is 5.75 Å². The molecule has 2 N–H and O–H groups in total. The molecule has 24 heavy (non-hydrogen) atoms. The fourth-order valence-electron chi connectivity index (χ4n) is 2.66. The number of hydrogen-bond acceptors (Lipinski definition) is 2. The Labute approximate surface area is 141 Å². The molecule has 3 rings (SSSR count). The lowest BCUT2D eigenvalue weighted by Gasteiger charge is -2.08. The lowest BCUT2D eigenvalue weighted by molar-refractivity contribution is 0.0954. The van der Waals surface area contributed by atoms with Gasteiger partial charge in [-0.15, -0.1) is 0 Å². The first-order valence-corrected chi connectivity index (χ1v) is 7.91. The maximum Gasteiger partial charge on any atom is 0.251 e. The molecule has 122 valence electrons. The van der Waals surface area contributed by atoms with E-state index in [4.69, 9.17) is 0 Å². The Morgan fingerprint density at radius 2 is 1.83 bits per heavy atom. The number of nitrogens with zero attached hydrogens (tertiary/aromatic N) is 1. The Hall–Kier alpha value is -3.01. The van der Waals surface area contributed by atoms with Crippen molar-refractivity contribution in [2.45, 2.75) is 6.42 Å². The topological polar surface area (TPSA) is 54.3 Å². The van der Waals surface area contributed by atoms with Crippen molar-refractivity contribution in [1.82, 2.24) is 9.88 Å². The summed E-state index contributed by atoms with van der Waals surface area (Å²) in [6.07, 6.45) is 2.80. The van der Waals surface area contributed by atoms with Gasteiger partial charge >= 0.3 is 0 Å². The highest BCUT2D eigenvalue weighted by Crippen LogP contribution is 2.22. The summed E-state index contributed by atoms with van der Waals surface area (Å²) >= 11 is 0. The molecule has 0 atom stereocenters. The quantitative estimate of drug-likeness (QED) is 0.757.